The zero-order valence-corrected chi connectivity index (χ0v) is 16.9. The molecule has 0 radical (unpaired) electrons. The molecule has 2 aromatic rings. The molecule has 0 saturated carbocycles. The van der Waals surface area contributed by atoms with Crippen LogP contribution >= 0.6 is 0 Å². The normalized spacial score (nSPS) is 11.4. The minimum atomic E-state index is 0.426. The molecule has 1 aromatic carbocycles. The van der Waals surface area contributed by atoms with Gasteiger partial charge in [0.1, 0.15) is 0 Å². The molecular weight excluding hydrogens is 324 g/mol. The van der Waals surface area contributed by atoms with Crippen molar-refractivity contribution in [2.24, 2.45) is 0 Å². The van der Waals surface area contributed by atoms with Gasteiger partial charge in [0.05, 0.1) is 6.20 Å². The predicted octanol–water partition coefficient (Wildman–Crippen LogP) is 4.23. The summed E-state index contributed by atoms with van der Waals surface area (Å²) in [6, 6.07) is 6.48. The van der Waals surface area contributed by atoms with Crippen molar-refractivity contribution >= 4 is 17.5 Å². The first kappa shape index (κ1) is 20.1. The number of hydrogen-bond acceptors (Lipinski definition) is 6. The molecule has 0 aliphatic rings. The van der Waals surface area contributed by atoms with E-state index in [0.717, 1.165) is 25.2 Å². The quantitative estimate of drug-likeness (QED) is 0.656. The molecule has 2 rings (SSSR count). The summed E-state index contributed by atoms with van der Waals surface area (Å²) in [7, 11) is 4.14. The van der Waals surface area contributed by atoms with E-state index in [9.17, 15) is 0 Å². The van der Waals surface area contributed by atoms with E-state index in [4.69, 9.17) is 0 Å². The van der Waals surface area contributed by atoms with E-state index in [-0.39, 0.29) is 0 Å². The molecule has 0 spiro atoms. The Balaban J connectivity index is 2.17. The lowest BCUT2D eigenvalue weighted by molar-refractivity contribution is 0.405. The third kappa shape index (κ3) is 5.66. The fourth-order valence-electron chi connectivity index (χ4n) is 2.86. The molecule has 0 aliphatic carbocycles. The number of para-hydroxylation sites is 1. The van der Waals surface area contributed by atoms with E-state index >= 15 is 0 Å². The lowest BCUT2D eigenvalue weighted by Crippen LogP contribution is -2.17. The first-order valence-electron chi connectivity index (χ1n) is 9.36. The van der Waals surface area contributed by atoms with Gasteiger partial charge in [-0.25, -0.2) is 0 Å². The summed E-state index contributed by atoms with van der Waals surface area (Å²) in [6.45, 7) is 10.7. The van der Waals surface area contributed by atoms with Crippen LogP contribution in [0.3, 0.4) is 0 Å². The Morgan fingerprint density at radius 2 is 1.69 bits per heavy atom. The number of aromatic nitrogens is 3. The fourth-order valence-corrected chi connectivity index (χ4v) is 2.86. The van der Waals surface area contributed by atoms with Crippen LogP contribution < -0.4 is 10.6 Å². The third-order valence-electron chi connectivity index (χ3n) is 4.25. The Morgan fingerprint density at radius 3 is 2.27 bits per heavy atom. The molecule has 0 amide bonds. The molecule has 1 heterocycles. The maximum Gasteiger partial charge on any atom is 0.244 e. The monoisotopic (exact) mass is 356 g/mol. The average Bonchev–Trinajstić information content (AvgIpc) is 2.58. The molecule has 0 unspecified atom stereocenters. The lowest BCUT2D eigenvalue weighted by Gasteiger charge is -2.20. The lowest BCUT2D eigenvalue weighted by atomic mass is 9.92. The predicted molar refractivity (Wildman–Crippen MR) is 109 cm³/mol. The second-order valence-corrected chi connectivity index (χ2v) is 7.49. The standard InChI is InChI=1S/C20H32N6/c1-14(2)16-9-7-10-17(15(3)4)19(16)23-18-13-22-25-20(24-18)21-11-8-12-26(5)6/h7,9-10,13-15H,8,11-12H2,1-6H3,(H2,21,23,24,25). The second-order valence-electron chi connectivity index (χ2n) is 7.49. The maximum absolute atomic E-state index is 4.58. The summed E-state index contributed by atoms with van der Waals surface area (Å²) >= 11 is 0. The SMILES string of the molecule is CC(C)c1cccc(C(C)C)c1Nc1cnnc(NCCCN(C)C)n1. The van der Waals surface area contributed by atoms with E-state index in [2.05, 4.69) is 90.7 Å². The molecule has 0 bridgehead atoms. The van der Waals surface area contributed by atoms with Gasteiger partial charge in [0, 0.05) is 12.2 Å². The first-order chi connectivity index (χ1) is 12.4. The minimum Gasteiger partial charge on any atom is -0.353 e. The van der Waals surface area contributed by atoms with E-state index < -0.39 is 0 Å². The molecule has 2 N–H and O–H groups in total. The highest BCUT2D eigenvalue weighted by Crippen LogP contribution is 2.34. The van der Waals surface area contributed by atoms with Crippen LogP contribution in [0.25, 0.3) is 0 Å². The molecule has 0 fully saturated rings. The Labute approximate surface area is 157 Å². The molecule has 26 heavy (non-hydrogen) atoms. The van der Waals surface area contributed by atoms with Crippen molar-refractivity contribution in [2.45, 2.75) is 46.0 Å². The first-order valence-corrected chi connectivity index (χ1v) is 9.36. The van der Waals surface area contributed by atoms with Crippen molar-refractivity contribution in [3.63, 3.8) is 0 Å². The molecule has 0 saturated heterocycles. The minimum absolute atomic E-state index is 0.426. The number of benzene rings is 1. The summed E-state index contributed by atoms with van der Waals surface area (Å²) < 4.78 is 0. The van der Waals surface area contributed by atoms with Gasteiger partial charge in [-0.3, -0.25) is 0 Å². The van der Waals surface area contributed by atoms with Crippen LogP contribution in [0.5, 0.6) is 0 Å². The molecular formula is C20H32N6. The van der Waals surface area contributed by atoms with Crippen molar-refractivity contribution in [1.29, 1.82) is 0 Å². The van der Waals surface area contributed by atoms with Crippen molar-refractivity contribution in [3.8, 4) is 0 Å². The van der Waals surface area contributed by atoms with E-state index in [0.29, 0.717) is 23.6 Å². The molecule has 142 valence electrons. The van der Waals surface area contributed by atoms with Crippen LogP contribution in [0.1, 0.15) is 57.1 Å². The van der Waals surface area contributed by atoms with Gasteiger partial charge in [-0.15, -0.1) is 5.10 Å². The number of nitrogens with one attached hydrogen (secondary N) is 2. The summed E-state index contributed by atoms with van der Waals surface area (Å²) in [4.78, 5) is 6.74. The number of anilines is 3. The van der Waals surface area contributed by atoms with Gasteiger partial charge >= 0.3 is 0 Å². The molecule has 6 heteroatoms. The Hall–Kier alpha value is -2.21. The smallest absolute Gasteiger partial charge is 0.244 e. The zero-order chi connectivity index (χ0) is 19.1. The van der Waals surface area contributed by atoms with Crippen LogP contribution in [0.4, 0.5) is 17.5 Å². The topological polar surface area (TPSA) is 66.0 Å². The van der Waals surface area contributed by atoms with Crippen molar-refractivity contribution in [3.05, 3.63) is 35.5 Å². The van der Waals surface area contributed by atoms with Crippen LogP contribution in [0.15, 0.2) is 24.4 Å². The fraction of sp³-hybridized carbons (Fsp3) is 0.550. The second kappa shape index (κ2) is 9.48. The van der Waals surface area contributed by atoms with Gasteiger partial charge in [-0.2, -0.15) is 10.1 Å². The van der Waals surface area contributed by atoms with Crippen LogP contribution in [0.2, 0.25) is 0 Å². The van der Waals surface area contributed by atoms with E-state index in [1.165, 1.54) is 11.1 Å². The van der Waals surface area contributed by atoms with Crippen LogP contribution in [0, 0.1) is 0 Å². The van der Waals surface area contributed by atoms with E-state index in [1.54, 1.807) is 6.20 Å². The van der Waals surface area contributed by atoms with Gasteiger partial charge in [0.25, 0.3) is 0 Å². The van der Waals surface area contributed by atoms with Gasteiger partial charge in [0.15, 0.2) is 5.82 Å². The Kier molecular flexibility index (Phi) is 7.33. The summed E-state index contributed by atoms with van der Waals surface area (Å²) in [6.07, 6.45) is 2.70. The summed E-state index contributed by atoms with van der Waals surface area (Å²) in [5.41, 5.74) is 3.71. The highest BCUT2D eigenvalue weighted by Gasteiger charge is 2.14. The number of hydrogen-bond donors (Lipinski definition) is 2. The zero-order valence-electron chi connectivity index (χ0n) is 16.9. The molecule has 0 aliphatic heterocycles. The van der Waals surface area contributed by atoms with E-state index in [1.807, 2.05) is 0 Å². The molecule has 0 atom stereocenters. The molecule has 6 nitrogen and oxygen atoms in total. The highest BCUT2D eigenvalue weighted by atomic mass is 15.3. The number of nitrogens with zero attached hydrogens (tertiary/aromatic N) is 4. The van der Waals surface area contributed by atoms with Gasteiger partial charge < -0.3 is 15.5 Å². The van der Waals surface area contributed by atoms with Gasteiger partial charge in [-0.05, 0) is 50.0 Å². The Bertz CT molecular complexity index is 670. The van der Waals surface area contributed by atoms with Crippen molar-refractivity contribution in [2.75, 3.05) is 37.8 Å². The molecule has 1 aromatic heterocycles. The van der Waals surface area contributed by atoms with Crippen LogP contribution in [-0.2, 0) is 0 Å². The number of rotatable bonds is 9. The summed E-state index contributed by atoms with van der Waals surface area (Å²) in [5, 5.41) is 14.9. The largest absolute Gasteiger partial charge is 0.353 e. The Morgan fingerprint density at radius 1 is 1.04 bits per heavy atom. The van der Waals surface area contributed by atoms with Crippen molar-refractivity contribution < 1.29 is 0 Å². The van der Waals surface area contributed by atoms with Crippen LogP contribution in [-0.4, -0.2) is 47.3 Å². The third-order valence-corrected chi connectivity index (χ3v) is 4.25. The average molecular weight is 357 g/mol. The van der Waals surface area contributed by atoms with Gasteiger partial charge in [-0.1, -0.05) is 45.9 Å². The van der Waals surface area contributed by atoms with Gasteiger partial charge in [0.2, 0.25) is 5.95 Å². The summed E-state index contributed by atoms with van der Waals surface area (Å²) in [5.74, 6) is 2.12. The maximum atomic E-state index is 4.58. The van der Waals surface area contributed by atoms with Crippen molar-refractivity contribution in [1.82, 2.24) is 20.1 Å². The highest BCUT2D eigenvalue weighted by molar-refractivity contribution is 5.66.